The third kappa shape index (κ3) is 2.20. The number of phenols is 1. The fraction of sp³-hybridized carbons (Fsp3) is 0.231. The maximum absolute atomic E-state index is 12.1. The molecule has 2 rings (SSSR count). The number of fused-ring (bicyclic) bond motifs is 1. The summed E-state index contributed by atoms with van der Waals surface area (Å²) >= 11 is 0. The Labute approximate surface area is 102 Å². The van der Waals surface area contributed by atoms with E-state index in [1.54, 1.807) is 6.92 Å². The average Bonchev–Trinajstić information content (AvgIpc) is 2.27. The van der Waals surface area contributed by atoms with E-state index < -0.39 is 5.97 Å². The molecule has 2 aromatic rings. The first-order chi connectivity index (χ1) is 8.49. The smallest absolute Gasteiger partial charge is 0.303 e. The van der Waals surface area contributed by atoms with Crippen LogP contribution in [0.25, 0.3) is 11.0 Å². The maximum atomic E-state index is 12.1. The molecule has 0 saturated heterocycles. The van der Waals surface area contributed by atoms with E-state index >= 15 is 0 Å². The highest BCUT2D eigenvalue weighted by atomic mass is 16.4. The number of carboxylic acids is 1. The van der Waals surface area contributed by atoms with Gasteiger partial charge in [-0.05, 0) is 25.5 Å². The molecule has 5 nitrogen and oxygen atoms in total. The normalized spacial score (nSPS) is 10.7. The number of hydrogen-bond donors (Lipinski definition) is 2. The lowest BCUT2D eigenvalue weighted by atomic mass is 10.1. The summed E-state index contributed by atoms with van der Waals surface area (Å²) in [5.41, 5.74) is 0.433. The summed E-state index contributed by atoms with van der Waals surface area (Å²) in [7, 11) is 0. The highest BCUT2D eigenvalue weighted by Gasteiger charge is 2.12. The van der Waals surface area contributed by atoms with Crippen LogP contribution in [0, 0.1) is 6.92 Å². The summed E-state index contributed by atoms with van der Waals surface area (Å²) in [6.07, 6.45) is 0.0233. The maximum Gasteiger partial charge on any atom is 0.303 e. The summed E-state index contributed by atoms with van der Waals surface area (Å²) in [6.45, 7) is 1.61. The molecule has 1 aromatic heterocycles. The SMILES string of the molecule is Cc1oc2cc(O)ccc2c(=O)c1CCC(=O)O. The molecule has 0 saturated carbocycles. The van der Waals surface area contributed by atoms with Crippen molar-refractivity contribution in [2.75, 3.05) is 0 Å². The molecule has 0 radical (unpaired) electrons. The van der Waals surface area contributed by atoms with Gasteiger partial charge in [0.25, 0.3) is 0 Å². The number of rotatable bonds is 3. The second-order valence-corrected chi connectivity index (χ2v) is 4.04. The molecule has 0 aliphatic rings. The zero-order valence-electron chi connectivity index (χ0n) is 9.77. The highest BCUT2D eigenvalue weighted by Crippen LogP contribution is 2.20. The van der Waals surface area contributed by atoms with Crippen LogP contribution >= 0.6 is 0 Å². The minimum absolute atomic E-state index is 0.0170. The summed E-state index contributed by atoms with van der Waals surface area (Å²) in [5, 5.41) is 18.3. The number of aromatic hydroxyl groups is 1. The Bertz CT molecular complexity index is 669. The molecule has 0 spiro atoms. The van der Waals surface area contributed by atoms with E-state index in [9.17, 15) is 14.7 Å². The Kier molecular flexibility index (Phi) is 3.06. The minimum atomic E-state index is -0.959. The van der Waals surface area contributed by atoms with E-state index in [0.29, 0.717) is 22.3 Å². The van der Waals surface area contributed by atoms with Crippen molar-refractivity contribution in [2.45, 2.75) is 19.8 Å². The number of carbonyl (C=O) groups is 1. The van der Waals surface area contributed by atoms with Gasteiger partial charge in [0.15, 0.2) is 5.43 Å². The van der Waals surface area contributed by atoms with E-state index in [1.807, 2.05) is 0 Å². The topological polar surface area (TPSA) is 87.7 Å². The molecule has 1 heterocycles. The summed E-state index contributed by atoms with van der Waals surface area (Å²) < 4.78 is 5.43. The monoisotopic (exact) mass is 248 g/mol. The van der Waals surface area contributed by atoms with Gasteiger partial charge in [-0.15, -0.1) is 0 Å². The van der Waals surface area contributed by atoms with Crippen molar-refractivity contribution in [3.63, 3.8) is 0 Å². The fourth-order valence-corrected chi connectivity index (χ4v) is 1.85. The summed E-state index contributed by atoms with van der Waals surface area (Å²) in [6, 6.07) is 4.24. The molecule has 18 heavy (non-hydrogen) atoms. The minimum Gasteiger partial charge on any atom is -0.508 e. The largest absolute Gasteiger partial charge is 0.508 e. The Morgan fingerprint density at radius 3 is 2.78 bits per heavy atom. The van der Waals surface area contributed by atoms with Gasteiger partial charge in [-0.3, -0.25) is 9.59 Å². The molecule has 0 bridgehead atoms. The van der Waals surface area contributed by atoms with Crippen LogP contribution in [0.2, 0.25) is 0 Å². The summed E-state index contributed by atoms with van der Waals surface area (Å²) in [5.74, 6) is -0.553. The van der Waals surface area contributed by atoms with E-state index in [-0.39, 0.29) is 24.0 Å². The van der Waals surface area contributed by atoms with Crippen molar-refractivity contribution < 1.29 is 19.4 Å². The average molecular weight is 248 g/mol. The third-order valence-electron chi connectivity index (χ3n) is 2.76. The molecular formula is C13H12O5. The highest BCUT2D eigenvalue weighted by molar-refractivity contribution is 5.79. The Hall–Kier alpha value is -2.30. The van der Waals surface area contributed by atoms with Gasteiger partial charge in [-0.1, -0.05) is 0 Å². The predicted octanol–water partition coefficient (Wildman–Crippen LogP) is 1.82. The molecule has 0 aliphatic carbocycles. The standard InChI is InChI=1S/C13H12O5/c1-7-9(4-5-12(15)16)13(17)10-3-2-8(14)6-11(10)18-7/h2-3,6,14H,4-5H2,1H3,(H,15,16). The Morgan fingerprint density at radius 2 is 2.11 bits per heavy atom. The first kappa shape index (κ1) is 12.2. The van der Waals surface area contributed by atoms with E-state index in [1.165, 1.54) is 18.2 Å². The van der Waals surface area contributed by atoms with Gasteiger partial charge in [0.2, 0.25) is 0 Å². The number of phenolic OH excluding ortho intramolecular Hbond substituents is 1. The van der Waals surface area contributed by atoms with E-state index in [4.69, 9.17) is 9.52 Å². The fourth-order valence-electron chi connectivity index (χ4n) is 1.85. The van der Waals surface area contributed by atoms with Gasteiger partial charge in [0.1, 0.15) is 17.1 Å². The van der Waals surface area contributed by atoms with Crippen molar-refractivity contribution in [1.82, 2.24) is 0 Å². The van der Waals surface area contributed by atoms with Crippen LogP contribution in [0.1, 0.15) is 17.7 Å². The van der Waals surface area contributed by atoms with Crippen molar-refractivity contribution in [1.29, 1.82) is 0 Å². The third-order valence-corrected chi connectivity index (χ3v) is 2.76. The Morgan fingerprint density at radius 1 is 1.39 bits per heavy atom. The van der Waals surface area contributed by atoms with Crippen molar-refractivity contribution in [3.8, 4) is 5.75 Å². The summed E-state index contributed by atoms with van der Waals surface area (Å²) in [4.78, 5) is 22.7. The van der Waals surface area contributed by atoms with E-state index in [2.05, 4.69) is 0 Å². The molecule has 0 aliphatic heterocycles. The van der Waals surface area contributed by atoms with Crippen molar-refractivity contribution in [2.24, 2.45) is 0 Å². The molecule has 0 amide bonds. The van der Waals surface area contributed by atoms with Crippen LogP contribution in [0.5, 0.6) is 5.75 Å². The molecule has 0 unspecified atom stereocenters. The quantitative estimate of drug-likeness (QED) is 0.865. The van der Waals surface area contributed by atoms with Gasteiger partial charge < -0.3 is 14.6 Å². The zero-order chi connectivity index (χ0) is 13.3. The predicted molar refractivity (Wildman–Crippen MR) is 64.8 cm³/mol. The van der Waals surface area contributed by atoms with Gasteiger partial charge in [0.05, 0.1) is 5.39 Å². The van der Waals surface area contributed by atoms with Crippen LogP contribution in [0.3, 0.4) is 0 Å². The number of carboxylic acid groups (broad SMARTS) is 1. The number of aryl methyl sites for hydroxylation is 1. The number of hydrogen-bond acceptors (Lipinski definition) is 4. The van der Waals surface area contributed by atoms with Crippen LogP contribution in [0.4, 0.5) is 0 Å². The first-order valence-electron chi connectivity index (χ1n) is 5.46. The van der Waals surface area contributed by atoms with Gasteiger partial charge in [-0.25, -0.2) is 0 Å². The van der Waals surface area contributed by atoms with Crippen LogP contribution < -0.4 is 5.43 Å². The molecule has 0 atom stereocenters. The molecular weight excluding hydrogens is 236 g/mol. The molecule has 94 valence electrons. The molecule has 0 fully saturated rings. The van der Waals surface area contributed by atoms with Crippen LogP contribution in [0.15, 0.2) is 27.4 Å². The van der Waals surface area contributed by atoms with Gasteiger partial charge in [-0.2, -0.15) is 0 Å². The zero-order valence-corrected chi connectivity index (χ0v) is 9.77. The molecule has 5 heteroatoms. The van der Waals surface area contributed by atoms with Gasteiger partial charge in [0, 0.05) is 18.1 Å². The van der Waals surface area contributed by atoms with Crippen molar-refractivity contribution in [3.05, 3.63) is 39.7 Å². The number of benzene rings is 1. The first-order valence-corrected chi connectivity index (χ1v) is 5.46. The van der Waals surface area contributed by atoms with Gasteiger partial charge >= 0.3 is 5.97 Å². The van der Waals surface area contributed by atoms with E-state index in [0.717, 1.165) is 0 Å². The number of aliphatic carboxylic acids is 1. The second kappa shape index (κ2) is 4.52. The van der Waals surface area contributed by atoms with Crippen LogP contribution in [-0.2, 0) is 11.2 Å². The lowest BCUT2D eigenvalue weighted by molar-refractivity contribution is -0.136. The molecule has 2 N–H and O–H groups in total. The second-order valence-electron chi connectivity index (χ2n) is 4.04. The molecule has 1 aromatic carbocycles. The Balaban J connectivity index is 2.58. The van der Waals surface area contributed by atoms with Crippen molar-refractivity contribution >= 4 is 16.9 Å². The lowest BCUT2D eigenvalue weighted by Crippen LogP contribution is -2.13. The lowest BCUT2D eigenvalue weighted by Gasteiger charge is -2.05. The van der Waals surface area contributed by atoms with Crippen LogP contribution in [-0.4, -0.2) is 16.2 Å².